The molecule has 0 aliphatic heterocycles. The molecule has 0 saturated heterocycles. The molecule has 27 heavy (non-hydrogen) atoms. The molecule has 0 spiro atoms. The molecule has 4 N–H and O–H groups in total. The molecule has 1 aromatic carbocycles. The minimum Gasteiger partial charge on any atom is -0.370 e. The lowest BCUT2D eigenvalue weighted by Crippen LogP contribution is -2.17. The summed E-state index contributed by atoms with van der Waals surface area (Å²) in [6.07, 6.45) is 1.75. The van der Waals surface area contributed by atoms with Crippen LogP contribution < -0.4 is 15.8 Å². The van der Waals surface area contributed by atoms with Gasteiger partial charge in [-0.25, -0.2) is 18.5 Å². The van der Waals surface area contributed by atoms with Crippen LogP contribution in [0.1, 0.15) is 17.7 Å². The number of nitrogens with one attached hydrogen (secondary N) is 2. The van der Waals surface area contributed by atoms with Crippen LogP contribution in [0, 0.1) is 6.92 Å². The van der Waals surface area contributed by atoms with Crippen LogP contribution in [0.5, 0.6) is 0 Å². The summed E-state index contributed by atoms with van der Waals surface area (Å²) >= 11 is 0. The van der Waals surface area contributed by atoms with Gasteiger partial charge in [-0.05, 0) is 58.1 Å². The number of aromatic nitrogens is 2. The number of rotatable bonds is 10. The Morgan fingerprint density at radius 1 is 1.07 bits per heavy atom. The lowest BCUT2D eigenvalue weighted by molar-refractivity contribution is 0.405. The Morgan fingerprint density at radius 2 is 1.78 bits per heavy atom. The third-order valence-corrected chi connectivity index (χ3v) is 4.82. The zero-order chi connectivity index (χ0) is 19.9. The molecular formula is C18H28N6O2S. The Balaban J connectivity index is 1.86. The topological polar surface area (TPSA) is 113 Å². The van der Waals surface area contributed by atoms with Crippen molar-refractivity contribution >= 4 is 21.8 Å². The molecule has 148 valence electrons. The van der Waals surface area contributed by atoms with Gasteiger partial charge in [0, 0.05) is 24.8 Å². The summed E-state index contributed by atoms with van der Waals surface area (Å²) in [4.78, 5) is 11.2. The van der Waals surface area contributed by atoms with Crippen LogP contribution in [0.25, 0.3) is 0 Å². The molecule has 0 radical (unpaired) electrons. The largest absolute Gasteiger partial charge is 0.370 e. The molecule has 0 amide bonds. The van der Waals surface area contributed by atoms with E-state index < -0.39 is 10.0 Å². The first-order valence-corrected chi connectivity index (χ1v) is 10.4. The minimum absolute atomic E-state index is 0.117. The van der Waals surface area contributed by atoms with Crippen molar-refractivity contribution in [2.24, 2.45) is 5.14 Å². The van der Waals surface area contributed by atoms with Gasteiger partial charge >= 0.3 is 0 Å². The predicted molar refractivity (Wildman–Crippen MR) is 108 cm³/mol. The van der Waals surface area contributed by atoms with Gasteiger partial charge in [0.25, 0.3) is 0 Å². The monoisotopic (exact) mass is 392 g/mol. The fourth-order valence-electron chi connectivity index (χ4n) is 2.51. The van der Waals surface area contributed by atoms with Crippen LogP contribution >= 0.6 is 0 Å². The first kappa shape index (κ1) is 21.1. The summed E-state index contributed by atoms with van der Waals surface area (Å²) in [5.74, 6) is 1.38. The third kappa shape index (κ3) is 7.49. The highest BCUT2D eigenvalue weighted by molar-refractivity contribution is 7.89. The zero-order valence-electron chi connectivity index (χ0n) is 16.1. The summed E-state index contributed by atoms with van der Waals surface area (Å²) in [7, 11) is 0.457. The lowest BCUT2D eigenvalue weighted by Gasteiger charge is -2.12. The van der Waals surface area contributed by atoms with Crippen molar-refractivity contribution in [3.63, 3.8) is 0 Å². The van der Waals surface area contributed by atoms with Gasteiger partial charge in [0.1, 0.15) is 5.82 Å². The molecule has 0 aliphatic rings. The number of nitrogens with zero attached hydrogens (tertiary/aromatic N) is 3. The molecule has 8 nitrogen and oxygen atoms in total. The molecule has 0 saturated carbocycles. The fourth-order valence-corrected chi connectivity index (χ4v) is 3.03. The first-order chi connectivity index (χ1) is 12.7. The number of hydrogen-bond acceptors (Lipinski definition) is 7. The van der Waals surface area contributed by atoms with E-state index in [9.17, 15) is 8.42 Å². The number of sulfonamides is 1. The summed E-state index contributed by atoms with van der Waals surface area (Å²) in [6.45, 7) is 4.44. The van der Waals surface area contributed by atoms with Gasteiger partial charge in [-0.15, -0.1) is 0 Å². The van der Waals surface area contributed by atoms with E-state index in [1.54, 1.807) is 12.1 Å². The van der Waals surface area contributed by atoms with E-state index in [0.717, 1.165) is 36.6 Å². The van der Waals surface area contributed by atoms with Crippen molar-refractivity contribution in [1.29, 1.82) is 0 Å². The van der Waals surface area contributed by atoms with Crippen molar-refractivity contribution in [2.75, 3.05) is 44.4 Å². The average Bonchev–Trinajstić information content (AvgIpc) is 2.58. The van der Waals surface area contributed by atoms with Crippen LogP contribution in [-0.2, 0) is 16.4 Å². The second-order valence-electron chi connectivity index (χ2n) is 6.67. The van der Waals surface area contributed by atoms with Gasteiger partial charge < -0.3 is 15.5 Å². The van der Waals surface area contributed by atoms with Gasteiger partial charge in [0.15, 0.2) is 0 Å². The molecular weight excluding hydrogens is 364 g/mol. The van der Waals surface area contributed by atoms with E-state index in [2.05, 4.69) is 39.6 Å². The van der Waals surface area contributed by atoms with Gasteiger partial charge in [-0.1, -0.05) is 12.1 Å². The second kappa shape index (κ2) is 9.63. The Labute approximate surface area is 161 Å². The lowest BCUT2D eigenvalue weighted by atomic mass is 10.1. The maximum absolute atomic E-state index is 11.3. The van der Waals surface area contributed by atoms with E-state index in [1.807, 2.05) is 13.0 Å². The maximum atomic E-state index is 11.3. The van der Waals surface area contributed by atoms with E-state index in [1.165, 1.54) is 12.1 Å². The first-order valence-electron chi connectivity index (χ1n) is 8.84. The van der Waals surface area contributed by atoms with E-state index in [-0.39, 0.29) is 4.90 Å². The standard InChI is InChI=1S/C18H28N6O2S/c1-14-13-17(20-10-4-12-24(2)3)23-18(22-14)21-11-9-15-5-7-16(8-6-15)27(19,25)26/h5-8,13H,4,9-12H2,1-3H3,(H2,19,25,26)(H2,20,21,22,23). The smallest absolute Gasteiger partial charge is 0.238 e. The van der Waals surface area contributed by atoms with Gasteiger partial charge in [0.2, 0.25) is 16.0 Å². The van der Waals surface area contributed by atoms with Crippen LogP contribution in [0.3, 0.4) is 0 Å². The van der Waals surface area contributed by atoms with Crippen LogP contribution in [-0.4, -0.2) is 57.0 Å². The van der Waals surface area contributed by atoms with Gasteiger partial charge in [0.05, 0.1) is 4.90 Å². The Bertz CT molecular complexity index is 837. The van der Waals surface area contributed by atoms with Crippen LogP contribution in [0.4, 0.5) is 11.8 Å². The van der Waals surface area contributed by atoms with Crippen molar-refractivity contribution < 1.29 is 8.42 Å². The van der Waals surface area contributed by atoms with Crippen molar-refractivity contribution in [1.82, 2.24) is 14.9 Å². The zero-order valence-corrected chi connectivity index (χ0v) is 16.9. The van der Waals surface area contributed by atoms with E-state index >= 15 is 0 Å². The SMILES string of the molecule is Cc1cc(NCCCN(C)C)nc(NCCc2ccc(S(N)(=O)=O)cc2)n1. The average molecular weight is 393 g/mol. The third-order valence-electron chi connectivity index (χ3n) is 3.89. The molecule has 0 atom stereocenters. The van der Waals surface area contributed by atoms with Crippen molar-refractivity contribution in [2.45, 2.75) is 24.7 Å². The van der Waals surface area contributed by atoms with E-state index in [4.69, 9.17) is 5.14 Å². The molecule has 2 aromatic rings. The van der Waals surface area contributed by atoms with Crippen molar-refractivity contribution in [3.05, 3.63) is 41.6 Å². The molecule has 2 rings (SSSR count). The Kier molecular flexibility index (Phi) is 7.52. The number of hydrogen-bond donors (Lipinski definition) is 3. The number of anilines is 2. The highest BCUT2D eigenvalue weighted by atomic mass is 32.2. The van der Waals surface area contributed by atoms with Gasteiger partial charge in [-0.2, -0.15) is 4.98 Å². The summed E-state index contributed by atoms with van der Waals surface area (Å²) < 4.78 is 22.6. The summed E-state index contributed by atoms with van der Waals surface area (Å²) in [6, 6.07) is 8.48. The molecule has 1 aromatic heterocycles. The number of primary sulfonamides is 1. The second-order valence-corrected chi connectivity index (χ2v) is 8.23. The van der Waals surface area contributed by atoms with Crippen LogP contribution in [0.2, 0.25) is 0 Å². The van der Waals surface area contributed by atoms with E-state index in [0.29, 0.717) is 18.9 Å². The quantitative estimate of drug-likeness (QED) is 0.525. The van der Waals surface area contributed by atoms with Crippen molar-refractivity contribution in [3.8, 4) is 0 Å². The Hall–Kier alpha value is -2.23. The highest BCUT2D eigenvalue weighted by Crippen LogP contribution is 2.11. The molecule has 0 fully saturated rings. The molecule has 9 heteroatoms. The fraction of sp³-hybridized carbons (Fsp3) is 0.444. The molecule has 0 aliphatic carbocycles. The molecule has 1 heterocycles. The minimum atomic E-state index is -3.65. The Morgan fingerprint density at radius 3 is 2.41 bits per heavy atom. The highest BCUT2D eigenvalue weighted by Gasteiger charge is 2.07. The van der Waals surface area contributed by atoms with Gasteiger partial charge in [-0.3, -0.25) is 0 Å². The van der Waals surface area contributed by atoms with Crippen LogP contribution in [0.15, 0.2) is 35.2 Å². The maximum Gasteiger partial charge on any atom is 0.238 e. The number of benzene rings is 1. The predicted octanol–water partition coefficient (Wildman–Crippen LogP) is 1.45. The normalized spacial score (nSPS) is 11.6. The molecule has 0 bridgehead atoms. The summed E-state index contributed by atoms with van der Waals surface area (Å²) in [5, 5.41) is 11.6. The number of aryl methyl sites for hydroxylation is 1. The summed E-state index contributed by atoms with van der Waals surface area (Å²) in [5.41, 5.74) is 1.89. The number of nitrogens with two attached hydrogens (primary N) is 1. The molecule has 0 unspecified atom stereocenters.